The number of hydrogen-bond acceptors (Lipinski definition) is 6. The van der Waals surface area contributed by atoms with E-state index >= 15 is 0 Å². The standard InChI is InChI=1S/C18H17ClN2O5S/c1-12(18(23)20-15-8-4-5-9-16(15)21(24)25)26-17(22)11-27-10-13-6-2-3-7-14(13)19/h2-9,12H,10-11H2,1H3,(H,20,23)/t12-/m0/s1. The third-order valence-electron chi connectivity index (χ3n) is 3.47. The molecule has 7 nitrogen and oxygen atoms in total. The predicted octanol–water partition coefficient (Wildman–Crippen LogP) is 4.05. The van der Waals surface area contributed by atoms with Crippen molar-refractivity contribution in [3.05, 3.63) is 69.2 Å². The number of nitro groups is 1. The number of amides is 1. The smallest absolute Gasteiger partial charge is 0.316 e. The molecule has 27 heavy (non-hydrogen) atoms. The quantitative estimate of drug-likeness (QED) is 0.402. The third-order valence-corrected chi connectivity index (χ3v) is 4.80. The number of carbonyl (C=O) groups is 2. The molecule has 142 valence electrons. The van der Waals surface area contributed by atoms with Gasteiger partial charge in [0.1, 0.15) is 5.69 Å². The third kappa shape index (κ3) is 6.26. The molecule has 0 bridgehead atoms. The number of para-hydroxylation sites is 2. The van der Waals surface area contributed by atoms with Crippen LogP contribution in [-0.4, -0.2) is 28.7 Å². The van der Waals surface area contributed by atoms with Crippen LogP contribution in [0.25, 0.3) is 0 Å². The highest BCUT2D eigenvalue weighted by Gasteiger charge is 2.21. The van der Waals surface area contributed by atoms with E-state index in [-0.39, 0.29) is 17.1 Å². The summed E-state index contributed by atoms with van der Waals surface area (Å²) in [5.41, 5.74) is 0.710. The first kappa shape index (κ1) is 20.7. The van der Waals surface area contributed by atoms with Gasteiger partial charge in [-0.15, -0.1) is 11.8 Å². The number of benzene rings is 2. The van der Waals surface area contributed by atoms with E-state index in [1.807, 2.05) is 18.2 Å². The van der Waals surface area contributed by atoms with Crippen molar-refractivity contribution in [1.82, 2.24) is 0 Å². The second kappa shape index (κ2) is 9.94. The lowest BCUT2D eigenvalue weighted by atomic mass is 10.2. The molecule has 0 radical (unpaired) electrons. The maximum atomic E-state index is 12.1. The fraction of sp³-hybridized carbons (Fsp3) is 0.222. The minimum absolute atomic E-state index is 0.0449. The van der Waals surface area contributed by atoms with Crippen LogP contribution in [0.5, 0.6) is 0 Å². The number of halogens is 1. The van der Waals surface area contributed by atoms with Crippen LogP contribution in [0.1, 0.15) is 12.5 Å². The van der Waals surface area contributed by atoms with Crippen molar-refractivity contribution in [2.75, 3.05) is 11.1 Å². The first-order valence-electron chi connectivity index (χ1n) is 7.93. The summed E-state index contributed by atoms with van der Waals surface area (Å²) >= 11 is 7.36. The minimum atomic E-state index is -1.08. The number of hydrogen-bond donors (Lipinski definition) is 1. The molecular formula is C18H17ClN2O5S. The molecule has 0 spiro atoms. The monoisotopic (exact) mass is 408 g/mol. The van der Waals surface area contributed by atoms with Crippen molar-refractivity contribution >= 4 is 46.6 Å². The van der Waals surface area contributed by atoms with Crippen LogP contribution in [0.2, 0.25) is 5.02 Å². The number of nitro benzene ring substituents is 1. The van der Waals surface area contributed by atoms with Crippen LogP contribution in [0, 0.1) is 10.1 Å². The Bertz CT molecular complexity index is 846. The number of esters is 1. The Hall–Kier alpha value is -2.58. The zero-order chi connectivity index (χ0) is 19.8. The molecule has 0 aromatic heterocycles. The van der Waals surface area contributed by atoms with E-state index in [4.69, 9.17) is 16.3 Å². The fourth-order valence-electron chi connectivity index (χ4n) is 2.12. The predicted molar refractivity (Wildman–Crippen MR) is 105 cm³/mol. The molecule has 0 heterocycles. The van der Waals surface area contributed by atoms with Gasteiger partial charge in [-0.1, -0.05) is 41.9 Å². The molecule has 0 saturated carbocycles. The maximum absolute atomic E-state index is 12.1. The van der Waals surface area contributed by atoms with Gasteiger partial charge in [0.05, 0.1) is 10.7 Å². The van der Waals surface area contributed by atoms with E-state index in [0.717, 1.165) is 5.56 Å². The zero-order valence-corrected chi connectivity index (χ0v) is 16.0. The van der Waals surface area contributed by atoms with Crippen molar-refractivity contribution in [2.24, 2.45) is 0 Å². The molecule has 2 aromatic rings. The fourth-order valence-corrected chi connectivity index (χ4v) is 3.21. The van der Waals surface area contributed by atoms with Crippen LogP contribution < -0.4 is 5.32 Å². The average molecular weight is 409 g/mol. The summed E-state index contributed by atoms with van der Waals surface area (Å²) in [4.78, 5) is 34.4. The van der Waals surface area contributed by atoms with Gasteiger partial charge in [0.25, 0.3) is 11.6 Å². The number of ether oxygens (including phenoxy) is 1. The number of nitrogens with one attached hydrogen (secondary N) is 1. The SMILES string of the molecule is C[C@H](OC(=O)CSCc1ccccc1Cl)C(=O)Nc1ccccc1[N+](=O)[O-]. The van der Waals surface area contributed by atoms with E-state index in [1.54, 1.807) is 12.1 Å². The summed E-state index contributed by atoms with van der Waals surface area (Å²) in [7, 11) is 0. The molecule has 0 aliphatic carbocycles. The topological polar surface area (TPSA) is 98.5 Å². The molecule has 0 unspecified atom stereocenters. The van der Waals surface area contributed by atoms with Crippen LogP contribution in [0.3, 0.4) is 0 Å². The summed E-state index contributed by atoms with van der Waals surface area (Å²) in [6.45, 7) is 1.40. The zero-order valence-electron chi connectivity index (χ0n) is 14.4. The van der Waals surface area contributed by atoms with Crippen molar-refractivity contribution < 1.29 is 19.2 Å². The summed E-state index contributed by atoms with van der Waals surface area (Å²) in [6, 6.07) is 13.0. The molecule has 0 saturated heterocycles. The Labute approximate surface area is 165 Å². The first-order chi connectivity index (χ1) is 12.9. The summed E-state index contributed by atoms with van der Waals surface area (Å²) in [5, 5.41) is 14.0. The van der Waals surface area contributed by atoms with Gasteiger partial charge in [0.15, 0.2) is 6.10 Å². The van der Waals surface area contributed by atoms with Gasteiger partial charge in [-0.2, -0.15) is 0 Å². The van der Waals surface area contributed by atoms with Crippen LogP contribution in [0.4, 0.5) is 11.4 Å². The van der Waals surface area contributed by atoms with Crippen molar-refractivity contribution in [1.29, 1.82) is 0 Å². The highest BCUT2D eigenvalue weighted by molar-refractivity contribution is 7.99. The molecule has 2 aromatic carbocycles. The Kier molecular flexibility index (Phi) is 7.63. The molecule has 2 rings (SSSR count). The lowest BCUT2D eigenvalue weighted by molar-refractivity contribution is -0.383. The molecule has 1 N–H and O–H groups in total. The van der Waals surface area contributed by atoms with Crippen molar-refractivity contribution in [3.8, 4) is 0 Å². The molecule has 0 aliphatic rings. The van der Waals surface area contributed by atoms with Crippen molar-refractivity contribution in [2.45, 2.75) is 18.8 Å². The van der Waals surface area contributed by atoms with E-state index in [1.165, 1.54) is 36.9 Å². The van der Waals surface area contributed by atoms with Gasteiger partial charge in [0.2, 0.25) is 0 Å². The minimum Gasteiger partial charge on any atom is -0.452 e. The second-order valence-electron chi connectivity index (χ2n) is 5.48. The second-order valence-corrected chi connectivity index (χ2v) is 6.87. The van der Waals surface area contributed by atoms with E-state index in [2.05, 4.69) is 5.32 Å². The molecular weight excluding hydrogens is 392 g/mol. The Balaban J connectivity index is 1.83. The van der Waals surface area contributed by atoms with E-state index in [0.29, 0.717) is 10.8 Å². The number of anilines is 1. The Morgan fingerprint density at radius 3 is 2.59 bits per heavy atom. The van der Waals surface area contributed by atoms with E-state index < -0.39 is 22.9 Å². The lowest BCUT2D eigenvalue weighted by Gasteiger charge is -2.13. The first-order valence-corrected chi connectivity index (χ1v) is 9.46. The summed E-state index contributed by atoms with van der Waals surface area (Å²) in [6.07, 6.45) is -1.08. The van der Waals surface area contributed by atoms with Gasteiger partial charge in [-0.25, -0.2) is 0 Å². The molecule has 0 aliphatic heterocycles. The Morgan fingerprint density at radius 2 is 1.89 bits per heavy atom. The summed E-state index contributed by atoms with van der Waals surface area (Å²) < 4.78 is 5.08. The van der Waals surface area contributed by atoms with Crippen molar-refractivity contribution in [3.63, 3.8) is 0 Å². The summed E-state index contributed by atoms with van der Waals surface area (Å²) in [5.74, 6) is -0.620. The highest BCUT2D eigenvalue weighted by Crippen LogP contribution is 2.24. The Morgan fingerprint density at radius 1 is 1.22 bits per heavy atom. The van der Waals surface area contributed by atoms with Gasteiger partial charge >= 0.3 is 5.97 Å². The lowest BCUT2D eigenvalue weighted by Crippen LogP contribution is -2.30. The largest absolute Gasteiger partial charge is 0.452 e. The van der Waals surface area contributed by atoms with Gasteiger partial charge in [-0.3, -0.25) is 19.7 Å². The van der Waals surface area contributed by atoms with Gasteiger partial charge in [0, 0.05) is 16.8 Å². The number of nitrogens with zero attached hydrogens (tertiary/aromatic N) is 1. The average Bonchev–Trinajstić information content (AvgIpc) is 2.63. The normalized spacial score (nSPS) is 11.5. The van der Waals surface area contributed by atoms with Crippen LogP contribution in [-0.2, 0) is 20.1 Å². The maximum Gasteiger partial charge on any atom is 0.316 e. The molecule has 1 atom stereocenters. The van der Waals surface area contributed by atoms with Crippen LogP contribution >= 0.6 is 23.4 Å². The number of rotatable bonds is 8. The molecule has 0 fully saturated rings. The highest BCUT2D eigenvalue weighted by atomic mass is 35.5. The van der Waals surface area contributed by atoms with Crippen LogP contribution in [0.15, 0.2) is 48.5 Å². The number of thioether (sulfide) groups is 1. The van der Waals surface area contributed by atoms with Gasteiger partial charge < -0.3 is 10.1 Å². The number of carbonyl (C=O) groups excluding carboxylic acids is 2. The van der Waals surface area contributed by atoms with Gasteiger partial charge in [-0.05, 0) is 24.6 Å². The molecule has 9 heteroatoms. The van der Waals surface area contributed by atoms with E-state index in [9.17, 15) is 19.7 Å². The molecule has 1 amide bonds.